The van der Waals surface area contributed by atoms with Crippen LogP contribution in [0.3, 0.4) is 0 Å². The summed E-state index contributed by atoms with van der Waals surface area (Å²) in [7, 11) is 0. The van der Waals surface area contributed by atoms with Crippen molar-refractivity contribution >= 4 is 12.0 Å². The number of carboxylic acid groups (broad SMARTS) is 1. The van der Waals surface area contributed by atoms with Crippen LogP contribution in [0.1, 0.15) is 40.0 Å². The van der Waals surface area contributed by atoms with Gasteiger partial charge in [-0.05, 0) is 18.3 Å². The largest absolute Gasteiger partial charge is 0.481 e. The Kier molecular flexibility index (Phi) is 4.37. The molecule has 1 aliphatic carbocycles. The number of hydrogen-bond acceptors (Lipinski definition) is 2. The summed E-state index contributed by atoms with van der Waals surface area (Å²) in [6, 6.07) is -0.0827. The van der Waals surface area contributed by atoms with Gasteiger partial charge in [-0.2, -0.15) is 0 Å². The highest BCUT2D eigenvalue weighted by Gasteiger charge is 2.35. The van der Waals surface area contributed by atoms with Crippen LogP contribution in [0.25, 0.3) is 0 Å². The third-order valence-corrected chi connectivity index (χ3v) is 3.55. The molecule has 0 aromatic carbocycles. The molecule has 2 amide bonds. The average Bonchev–Trinajstić information content (AvgIpc) is 2.54. The summed E-state index contributed by atoms with van der Waals surface area (Å²) < 4.78 is 0. The van der Waals surface area contributed by atoms with Gasteiger partial charge in [0.1, 0.15) is 0 Å². The van der Waals surface area contributed by atoms with Crippen molar-refractivity contribution in [3.05, 3.63) is 0 Å². The zero-order valence-corrected chi connectivity index (χ0v) is 10.7. The van der Waals surface area contributed by atoms with E-state index in [4.69, 9.17) is 5.11 Å². The number of carbonyl (C=O) groups excluding carboxylic acids is 1. The highest BCUT2D eigenvalue weighted by atomic mass is 16.4. The van der Waals surface area contributed by atoms with E-state index in [1.54, 1.807) is 6.92 Å². The van der Waals surface area contributed by atoms with Gasteiger partial charge in [-0.15, -0.1) is 0 Å². The van der Waals surface area contributed by atoms with Crippen LogP contribution in [0, 0.1) is 11.3 Å². The first-order chi connectivity index (χ1) is 7.83. The summed E-state index contributed by atoms with van der Waals surface area (Å²) in [5.41, 5.74) is 0.135. The molecule has 0 aromatic rings. The lowest BCUT2D eigenvalue weighted by molar-refractivity contribution is -0.140. The van der Waals surface area contributed by atoms with E-state index < -0.39 is 11.9 Å². The molecular weight excluding hydrogens is 220 g/mol. The molecule has 0 bridgehead atoms. The smallest absolute Gasteiger partial charge is 0.315 e. The molecule has 0 spiro atoms. The molecule has 5 heteroatoms. The second kappa shape index (κ2) is 5.38. The molecule has 0 saturated heterocycles. The Labute approximate surface area is 102 Å². The Morgan fingerprint density at radius 2 is 2.12 bits per heavy atom. The van der Waals surface area contributed by atoms with Crippen LogP contribution in [-0.4, -0.2) is 29.7 Å². The van der Waals surface area contributed by atoms with Crippen LogP contribution >= 0.6 is 0 Å². The van der Waals surface area contributed by atoms with Gasteiger partial charge < -0.3 is 15.7 Å². The summed E-state index contributed by atoms with van der Waals surface area (Å²) in [6.07, 6.45) is 3.24. The molecule has 0 aliphatic heterocycles. The van der Waals surface area contributed by atoms with Crippen molar-refractivity contribution in [1.29, 1.82) is 0 Å². The van der Waals surface area contributed by atoms with Crippen molar-refractivity contribution in [2.24, 2.45) is 11.3 Å². The molecule has 0 heterocycles. The van der Waals surface area contributed by atoms with Gasteiger partial charge in [0.15, 0.2) is 0 Å². The van der Waals surface area contributed by atoms with Crippen molar-refractivity contribution in [3.8, 4) is 0 Å². The second-order valence-electron chi connectivity index (χ2n) is 5.53. The predicted octanol–water partition coefficient (Wildman–Crippen LogP) is 1.58. The van der Waals surface area contributed by atoms with Crippen LogP contribution in [0.5, 0.6) is 0 Å². The van der Waals surface area contributed by atoms with Gasteiger partial charge in [0.05, 0.1) is 5.92 Å². The minimum Gasteiger partial charge on any atom is -0.481 e. The van der Waals surface area contributed by atoms with E-state index in [9.17, 15) is 9.59 Å². The summed E-state index contributed by atoms with van der Waals surface area (Å²) >= 11 is 0. The maximum absolute atomic E-state index is 11.6. The third-order valence-electron chi connectivity index (χ3n) is 3.55. The minimum absolute atomic E-state index is 0.135. The van der Waals surface area contributed by atoms with E-state index in [0.29, 0.717) is 0 Å². The summed E-state index contributed by atoms with van der Waals surface area (Å²) in [5, 5.41) is 14.2. The second-order valence-corrected chi connectivity index (χ2v) is 5.53. The van der Waals surface area contributed by atoms with Crippen LogP contribution < -0.4 is 10.6 Å². The number of amides is 2. The average molecular weight is 242 g/mol. The first kappa shape index (κ1) is 13.8. The number of hydrogen-bond donors (Lipinski definition) is 3. The Hall–Kier alpha value is -1.26. The van der Waals surface area contributed by atoms with E-state index >= 15 is 0 Å². The molecule has 0 radical (unpaired) electrons. The monoisotopic (exact) mass is 242 g/mol. The SMILES string of the molecule is CC(CNC(=O)NC1CCCC1(C)C)C(=O)O. The van der Waals surface area contributed by atoms with Crippen molar-refractivity contribution in [2.75, 3.05) is 6.54 Å². The molecule has 98 valence electrons. The maximum Gasteiger partial charge on any atom is 0.315 e. The minimum atomic E-state index is -0.897. The Bertz CT molecular complexity index is 302. The maximum atomic E-state index is 11.6. The van der Waals surface area contributed by atoms with E-state index in [2.05, 4.69) is 24.5 Å². The Morgan fingerprint density at radius 1 is 1.47 bits per heavy atom. The molecule has 1 aliphatic rings. The lowest BCUT2D eigenvalue weighted by Gasteiger charge is -2.27. The van der Waals surface area contributed by atoms with Crippen molar-refractivity contribution in [2.45, 2.75) is 46.1 Å². The number of nitrogens with one attached hydrogen (secondary N) is 2. The molecule has 1 saturated carbocycles. The third kappa shape index (κ3) is 3.91. The van der Waals surface area contributed by atoms with E-state index in [-0.39, 0.29) is 24.0 Å². The van der Waals surface area contributed by atoms with Gasteiger partial charge in [0.2, 0.25) is 0 Å². The van der Waals surface area contributed by atoms with Gasteiger partial charge in [0.25, 0.3) is 0 Å². The first-order valence-electron chi connectivity index (χ1n) is 6.10. The number of urea groups is 1. The summed E-state index contributed by atoms with van der Waals surface area (Å²) in [4.78, 5) is 22.2. The summed E-state index contributed by atoms with van der Waals surface area (Å²) in [6.45, 7) is 6.02. The number of aliphatic carboxylic acids is 1. The quantitative estimate of drug-likeness (QED) is 0.700. The van der Waals surface area contributed by atoms with Crippen molar-refractivity contribution < 1.29 is 14.7 Å². The van der Waals surface area contributed by atoms with E-state index in [1.165, 1.54) is 0 Å². The van der Waals surface area contributed by atoms with Gasteiger partial charge in [-0.25, -0.2) is 4.79 Å². The zero-order chi connectivity index (χ0) is 13.1. The molecule has 0 aromatic heterocycles. The summed E-state index contributed by atoms with van der Waals surface area (Å²) in [5.74, 6) is -1.45. The number of carbonyl (C=O) groups is 2. The lowest BCUT2D eigenvalue weighted by atomic mass is 9.87. The molecular formula is C12H22N2O3. The molecule has 17 heavy (non-hydrogen) atoms. The van der Waals surface area contributed by atoms with E-state index in [0.717, 1.165) is 19.3 Å². The van der Waals surface area contributed by atoms with Crippen molar-refractivity contribution in [3.63, 3.8) is 0 Å². The molecule has 5 nitrogen and oxygen atoms in total. The van der Waals surface area contributed by atoms with Crippen LogP contribution in [0.2, 0.25) is 0 Å². The highest BCUT2D eigenvalue weighted by Crippen LogP contribution is 2.36. The van der Waals surface area contributed by atoms with Gasteiger partial charge in [-0.3, -0.25) is 4.79 Å². The normalized spacial score (nSPS) is 24.1. The lowest BCUT2D eigenvalue weighted by Crippen LogP contribution is -2.47. The molecule has 2 atom stereocenters. The van der Waals surface area contributed by atoms with Crippen molar-refractivity contribution in [1.82, 2.24) is 10.6 Å². The zero-order valence-electron chi connectivity index (χ0n) is 10.7. The molecule has 2 unspecified atom stereocenters. The van der Waals surface area contributed by atoms with Crippen LogP contribution in [-0.2, 0) is 4.79 Å². The Balaban J connectivity index is 2.33. The standard InChI is InChI=1S/C12H22N2O3/c1-8(10(15)16)7-13-11(17)14-9-5-4-6-12(9,2)3/h8-9H,4-7H2,1-3H3,(H,15,16)(H2,13,14,17). The Morgan fingerprint density at radius 3 is 2.59 bits per heavy atom. The molecule has 3 N–H and O–H groups in total. The van der Waals surface area contributed by atoms with Crippen LogP contribution in [0.15, 0.2) is 0 Å². The van der Waals surface area contributed by atoms with E-state index in [1.807, 2.05) is 0 Å². The fourth-order valence-electron chi connectivity index (χ4n) is 2.14. The number of carboxylic acids is 1. The van der Waals surface area contributed by atoms with Crippen LogP contribution in [0.4, 0.5) is 4.79 Å². The first-order valence-corrected chi connectivity index (χ1v) is 6.10. The predicted molar refractivity (Wildman–Crippen MR) is 64.8 cm³/mol. The fourth-order valence-corrected chi connectivity index (χ4v) is 2.14. The van der Waals surface area contributed by atoms with Gasteiger partial charge in [-0.1, -0.05) is 27.2 Å². The topological polar surface area (TPSA) is 78.4 Å². The highest BCUT2D eigenvalue weighted by molar-refractivity contribution is 5.76. The number of rotatable bonds is 4. The van der Waals surface area contributed by atoms with Gasteiger partial charge >= 0.3 is 12.0 Å². The fraction of sp³-hybridized carbons (Fsp3) is 0.833. The molecule has 1 fully saturated rings. The van der Waals surface area contributed by atoms with Gasteiger partial charge in [0, 0.05) is 12.6 Å². The molecule has 1 rings (SSSR count).